The van der Waals surface area contributed by atoms with Gasteiger partial charge in [0.15, 0.2) is 6.61 Å². The smallest absolute Gasteiger partial charge is 0.262 e. The predicted molar refractivity (Wildman–Crippen MR) is 101 cm³/mol. The van der Waals surface area contributed by atoms with Crippen LogP contribution in [0.1, 0.15) is 18.4 Å². The van der Waals surface area contributed by atoms with Gasteiger partial charge in [-0.25, -0.2) is 0 Å². The molecule has 1 saturated heterocycles. The van der Waals surface area contributed by atoms with Crippen LogP contribution in [0.5, 0.6) is 11.5 Å². The lowest BCUT2D eigenvalue weighted by Crippen LogP contribution is -2.20. The van der Waals surface area contributed by atoms with E-state index < -0.39 is 0 Å². The topological polar surface area (TPSA) is 56.8 Å². The van der Waals surface area contributed by atoms with E-state index in [9.17, 15) is 4.79 Å². The molecule has 0 bridgehead atoms. The molecule has 1 atom stereocenters. The maximum absolute atomic E-state index is 12.1. The summed E-state index contributed by atoms with van der Waals surface area (Å²) in [5.74, 6) is 1.10. The van der Waals surface area contributed by atoms with Crippen molar-refractivity contribution in [3.8, 4) is 11.5 Å². The predicted octanol–water partition coefficient (Wildman–Crippen LogP) is 4.22. The Hall–Kier alpha value is -2.24. The Morgan fingerprint density at radius 3 is 2.92 bits per heavy atom. The second kappa shape index (κ2) is 8.92. The first kappa shape index (κ1) is 18.5. The van der Waals surface area contributed by atoms with Crippen molar-refractivity contribution in [1.29, 1.82) is 0 Å². The number of halogens is 1. The van der Waals surface area contributed by atoms with E-state index in [4.69, 9.17) is 25.8 Å². The zero-order valence-electron chi connectivity index (χ0n) is 14.7. The van der Waals surface area contributed by atoms with E-state index in [0.29, 0.717) is 28.8 Å². The van der Waals surface area contributed by atoms with Crippen LogP contribution in [0.4, 0.5) is 5.69 Å². The Kier molecular flexibility index (Phi) is 6.36. The summed E-state index contributed by atoms with van der Waals surface area (Å²) in [6.07, 6.45) is 2.26. The average Bonchev–Trinajstić information content (AvgIpc) is 3.13. The summed E-state index contributed by atoms with van der Waals surface area (Å²) in [4.78, 5) is 12.1. The minimum atomic E-state index is -0.240. The lowest BCUT2D eigenvalue weighted by molar-refractivity contribution is -0.118. The standard InChI is InChI=1S/C20H22ClNO4/c1-14-10-15(21)7-8-19(14)26-13-20(23)22-16-4-2-5-17(11-16)25-12-18-6-3-9-24-18/h2,4-5,7-8,10-11,18H,3,6,9,12-13H2,1H3,(H,22,23)/t18-/m0/s1. The van der Waals surface area contributed by atoms with Gasteiger partial charge in [0.2, 0.25) is 0 Å². The van der Waals surface area contributed by atoms with Gasteiger partial charge in [-0.2, -0.15) is 0 Å². The lowest BCUT2D eigenvalue weighted by atomic mass is 10.2. The van der Waals surface area contributed by atoms with E-state index in [1.807, 2.05) is 25.1 Å². The molecule has 0 aliphatic carbocycles. The van der Waals surface area contributed by atoms with Crippen LogP contribution < -0.4 is 14.8 Å². The Balaban J connectivity index is 1.49. The number of ether oxygens (including phenoxy) is 3. The molecule has 6 heteroatoms. The second-order valence-corrected chi connectivity index (χ2v) is 6.66. The third kappa shape index (κ3) is 5.38. The quantitative estimate of drug-likeness (QED) is 0.787. The maximum atomic E-state index is 12.1. The van der Waals surface area contributed by atoms with E-state index in [1.54, 1.807) is 24.3 Å². The van der Waals surface area contributed by atoms with Crippen molar-refractivity contribution in [3.05, 3.63) is 53.1 Å². The van der Waals surface area contributed by atoms with E-state index >= 15 is 0 Å². The Morgan fingerprint density at radius 2 is 2.15 bits per heavy atom. The van der Waals surface area contributed by atoms with Crippen molar-refractivity contribution in [1.82, 2.24) is 0 Å². The maximum Gasteiger partial charge on any atom is 0.262 e. The minimum absolute atomic E-state index is 0.0799. The minimum Gasteiger partial charge on any atom is -0.491 e. The second-order valence-electron chi connectivity index (χ2n) is 6.22. The molecular weight excluding hydrogens is 354 g/mol. The van der Waals surface area contributed by atoms with Gasteiger partial charge in [0, 0.05) is 23.4 Å². The molecule has 26 heavy (non-hydrogen) atoms. The number of rotatable bonds is 7. The average molecular weight is 376 g/mol. The molecule has 2 aromatic carbocycles. The van der Waals surface area contributed by atoms with Crippen molar-refractivity contribution in [3.63, 3.8) is 0 Å². The van der Waals surface area contributed by atoms with Crippen molar-refractivity contribution in [2.24, 2.45) is 0 Å². The van der Waals surface area contributed by atoms with E-state index in [2.05, 4.69) is 5.32 Å². The fourth-order valence-corrected chi connectivity index (χ4v) is 2.97. The zero-order chi connectivity index (χ0) is 18.4. The normalized spacial score (nSPS) is 16.3. The third-order valence-corrected chi connectivity index (χ3v) is 4.31. The van der Waals surface area contributed by atoms with Crippen LogP contribution in [0.3, 0.4) is 0 Å². The van der Waals surface area contributed by atoms with Crippen LogP contribution in [0.25, 0.3) is 0 Å². The number of anilines is 1. The number of benzene rings is 2. The summed E-state index contributed by atoms with van der Waals surface area (Å²) in [6, 6.07) is 12.6. The van der Waals surface area contributed by atoms with Crippen LogP contribution in [0, 0.1) is 6.92 Å². The SMILES string of the molecule is Cc1cc(Cl)ccc1OCC(=O)Nc1cccc(OC[C@@H]2CCCO2)c1. The van der Waals surface area contributed by atoms with Gasteiger partial charge in [-0.05, 0) is 55.7 Å². The summed E-state index contributed by atoms with van der Waals surface area (Å²) in [6.45, 7) is 3.13. The summed E-state index contributed by atoms with van der Waals surface area (Å²) in [7, 11) is 0. The highest BCUT2D eigenvalue weighted by Gasteiger charge is 2.16. The molecule has 1 fully saturated rings. The highest BCUT2D eigenvalue weighted by Crippen LogP contribution is 2.22. The molecule has 2 aromatic rings. The highest BCUT2D eigenvalue weighted by molar-refractivity contribution is 6.30. The lowest BCUT2D eigenvalue weighted by Gasteiger charge is -2.13. The van der Waals surface area contributed by atoms with Gasteiger partial charge in [0.1, 0.15) is 18.1 Å². The van der Waals surface area contributed by atoms with E-state index in [0.717, 1.165) is 25.0 Å². The van der Waals surface area contributed by atoms with E-state index in [-0.39, 0.29) is 18.6 Å². The fourth-order valence-electron chi connectivity index (χ4n) is 2.74. The summed E-state index contributed by atoms with van der Waals surface area (Å²) < 4.78 is 16.8. The number of hydrogen-bond donors (Lipinski definition) is 1. The van der Waals surface area contributed by atoms with Crippen LogP contribution in [-0.2, 0) is 9.53 Å². The van der Waals surface area contributed by atoms with Crippen LogP contribution in [0.15, 0.2) is 42.5 Å². The zero-order valence-corrected chi connectivity index (χ0v) is 15.4. The van der Waals surface area contributed by atoms with Gasteiger partial charge in [0.05, 0.1) is 6.10 Å². The molecule has 1 heterocycles. The number of carbonyl (C=O) groups is 1. The molecule has 1 amide bonds. The molecule has 138 valence electrons. The van der Waals surface area contributed by atoms with Gasteiger partial charge in [-0.1, -0.05) is 17.7 Å². The largest absolute Gasteiger partial charge is 0.491 e. The van der Waals surface area contributed by atoms with Crippen LogP contribution in [-0.4, -0.2) is 31.8 Å². The molecule has 3 rings (SSSR count). The number of carbonyl (C=O) groups excluding carboxylic acids is 1. The molecule has 1 aliphatic heterocycles. The molecule has 0 unspecified atom stereocenters. The van der Waals surface area contributed by atoms with Gasteiger partial charge in [0.25, 0.3) is 5.91 Å². The number of aryl methyl sites for hydroxylation is 1. The number of nitrogens with one attached hydrogen (secondary N) is 1. The molecule has 5 nitrogen and oxygen atoms in total. The van der Waals surface area contributed by atoms with Gasteiger partial charge < -0.3 is 19.5 Å². The fraction of sp³-hybridized carbons (Fsp3) is 0.350. The Morgan fingerprint density at radius 1 is 1.27 bits per heavy atom. The highest BCUT2D eigenvalue weighted by atomic mass is 35.5. The molecular formula is C20H22ClNO4. The first-order valence-electron chi connectivity index (χ1n) is 8.63. The van der Waals surface area contributed by atoms with Gasteiger partial charge in [-0.15, -0.1) is 0 Å². The molecule has 1 aliphatic rings. The van der Waals surface area contributed by atoms with Crippen molar-refractivity contribution < 1.29 is 19.0 Å². The monoisotopic (exact) mass is 375 g/mol. The Bertz CT molecular complexity index is 759. The first-order valence-corrected chi connectivity index (χ1v) is 9.01. The van der Waals surface area contributed by atoms with Crippen LogP contribution >= 0.6 is 11.6 Å². The summed E-state index contributed by atoms with van der Waals surface area (Å²) in [5.41, 5.74) is 1.55. The van der Waals surface area contributed by atoms with Gasteiger partial charge >= 0.3 is 0 Å². The third-order valence-electron chi connectivity index (χ3n) is 4.07. The van der Waals surface area contributed by atoms with Crippen molar-refractivity contribution in [2.45, 2.75) is 25.9 Å². The molecule has 0 radical (unpaired) electrons. The summed E-state index contributed by atoms with van der Waals surface area (Å²) in [5, 5.41) is 3.45. The van der Waals surface area contributed by atoms with Crippen molar-refractivity contribution in [2.75, 3.05) is 25.1 Å². The van der Waals surface area contributed by atoms with Gasteiger partial charge in [-0.3, -0.25) is 4.79 Å². The van der Waals surface area contributed by atoms with Crippen molar-refractivity contribution >= 4 is 23.2 Å². The molecule has 1 N–H and O–H groups in total. The molecule has 0 aromatic heterocycles. The molecule has 0 saturated carbocycles. The summed E-state index contributed by atoms with van der Waals surface area (Å²) >= 11 is 5.91. The Labute approximate surface area is 158 Å². The van der Waals surface area contributed by atoms with E-state index in [1.165, 1.54) is 0 Å². The number of amides is 1. The van der Waals surface area contributed by atoms with Crippen LogP contribution in [0.2, 0.25) is 5.02 Å². The first-order chi connectivity index (χ1) is 12.6. The molecule has 0 spiro atoms. The number of hydrogen-bond acceptors (Lipinski definition) is 4.